The number of rotatable bonds is 5. The molecule has 0 radical (unpaired) electrons. The van der Waals surface area contributed by atoms with E-state index < -0.39 is 0 Å². The van der Waals surface area contributed by atoms with Gasteiger partial charge in [0, 0.05) is 29.6 Å². The first-order chi connectivity index (χ1) is 18.0. The van der Waals surface area contributed by atoms with Crippen molar-refractivity contribution in [3.05, 3.63) is 101 Å². The van der Waals surface area contributed by atoms with Gasteiger partial charge in [-0.25, -0.2) is 0 Å². The summed E-state index contributed by atoms with van der Waals surface area (Å²) in [6.07, 6.45) is 5.26. The smallest absolute Gasteiger partial charge is 0.273 e. The molecule has 3 aromatic carbocycles. The summed E-state index contributed by atoms with van der Waals surface area (Å²) < 4.78 is 9.94. The quantitative estimate of drug-likeness (QED) is 0.282. The van der Waals surface area contributed by atoms with Gasteiger partial charge in [0.25, 0.3) is 5.91 Å². The van der Waals surface area contributed by atoms with Crippen molar-refractivity contribution in [1.82, 2.24) is 8.97 Å². The third-order valence-corrected chi connectivity index (χ3v) is 7.38. The van der Waals surface area contributed by atoms with Gasteiger partial charge in [0.2, 0.25) is 0 Å². The molecule has 1 N–H and O–H groups in total. The number of aromatic nitrogens is 2. The average Bonchev–Trinajstić information content (AvgIpc) is 3.33. The van der Waals surface area contributed by atoms with Crippen LogP contribution in [0.3, 0.4) is 0 Å². The number of carbonyl (C=O) groups is 1. The first-order valence-electron chi connectivity index (χ1n) is 12.9. The minimum absolute atomic E-state index is 0.107. The number of hydrogen-bond donors (Lipinski definition) is 1. The van der Waals surface area contributed by atoms with E-state index in [4.69, 9.17) is 4.74 Å². The van der Waals surface area contributed by atoms with Crippen molar-refractivity contribution in [3.8, 4) is 28.1 Å². The summed E-state index contributed by atoms with van der Waals surface area (Å²) in [5.74, 6) is 0.694. The molecule has 0 bridgehead atoms. The summed E-state index contributed by atoms with van der Waals surface area (Å²) in [5.41, 5.74) is 10.5. The summed E-state index contributed by atoms with van der Waals surface area (Å²) in [6.45, 7) is 5.08. The van der Waals surface area contributed by atoms with Gasteiger partial charge in [-0.05, 0) is 68.5 Å². The molecule has 3 heterocycles. The van der Waals surface area contributed by atoms with E-state index in [0.29, 0.717) is 5.69 Å². The Bertz CT molecular complexity index is 1590. The molecule has 0 aliphatic carbocycles. The lowest BCUT2D eigenvalue weighted by Crippen LogP contribution is -2.15. The van der Waals surface area contributed by atoms with Gasteiger partial charge in [0.15, 0.2) is 0 Å². The van der Waals surface area contributed by atoms with Gasteiger partial charge in [-0.2, -0.15) is 0 Å². The van der Waals surface area contributed by atoms with Crippen molar-refractivity contribution in [2.75, 3.05) is 12.4 Å². The Morgan fingerprint density at radius 3 is 2.16 bits per heavy atom. The second-order valence-corrected chi connectivity index (χ2v) is 9.93. The molecule has 0 unspecified atom stereocenters. The third kappa shape index (κ3) is 4.10. The van der Waals surface area contributed by atoms with Crippen LogP contribution in [0.2, 0.25) is 0 Å². The Morgan fingerprint density at radius 1 is 0.838 bits per heavy atom. The van der Waals surface area contributed by atoms with E-state index in [2.05, 4.69) is 63.8 Å². The maximum atomic E-state index is 14.0. The van der Waals surface area contributed by atoms with E-state index in [9.17, 15) is 4.79 Å². The number of benzene rings is 3. The second kappa shape index (κ2) is 9.32. The Balaban J connectivity index is 1.59. The second-order valence-electron chi connectivity index (χ2n) is 9.93. The van der Waals surface area contributed by atoms with Gasteiger partial charge in [0.05, 0.1) is 12.8 Å². The van der Waals surface area contributed by atoms with Crippen LogP contribution in [0.15, 0.2) is 79.0 Å². The van der Waals surface area contributed by atoms with Crippen LogP contribution in [0.5, 0.6) is 5.75 Å². The molecular formula is C32H31N3O2. The number of amides is 1. The highest BCUT2D eigenvalue weighted by molar-refractivity contribution is 6.10. The number of methoxy groups -OCH3 is 1. The van der Waals surface area contributed by atoms with E-state index in [1.807, 2.05) is 43.3 Å². The van der Waals surface area contributed by atoms with Gasteiger partial charge >= 0.3 is 0 Å². The Morgan fingerprint density at radius 2 is 1.49 bits per heavy atom. The fourth-order valence-corrected chi connectivity index (χ4v) is 5.46. The van der Waals surface area contributed by atoms with Crippen LogP contribution in [0.1, 0.15) is 40.0 Å². The normalized spacial score (nSPS) is 12.9. The number of aryl methyl sites for hydroxylation is 4. The lowest BCUT2D eigenvalue weighted by molar-refractivity contribution is 0.102. The number of ether oxygens (including phenoxy) is 1. The van der Waals surface area contributed by atoms with Crippen LogP contribution in [-0.4, -0.2) is 22.0 Å². The monoisotopic (exact) mass is 489 g/mol. The maximum absolute atomic E-state index is 14.0. The Labute approximate surface area is 217 Å². The van der Waals surface area contributed by atoms with Crippen molar-refractivity contribution >= 4 is 17.2 Å². The minimum Gasteiger partial charge on any atom is -0.497 e. The molecule has 1 amide bonds. The standard InChI is InChI=1S/C32H31N3O2/c1-21-7-11-23(12-8-21)28-20-35-30(31(36)33-25-15-9-22(2)10-16-25)29(24-13-17-26(37-3)18-14-24)27-6-4-5-19-34(28)32(27)35/h7-18,20H,4-6,19H2,1-3H3,(H,33,36). The molecule has 186 valence electrons. The molecular weight excluding hydrogens is 458 g/mol. The Hall–Kier alpha value is -4.25. The van der Waals surface area contributed by atoms with Crippen LogP contribution < -0.4 is 10.1 Å². The largest absolute Gasteiger partial charge is 0.497 e. The molecule has 5 nitrogen and oxygen atoms in total. The molecule has 0 saturated carbocycles. The van der Waals surface area contributed by atoms with Crippen LogP contribution in [0.25, 0.3) is 28.0 Å². The summed E-state index contributed by atoms with van der Waals surface area (Å²) in [6, 6.07) is 24.6. The van der Waals surface area contributed by atoms with Gasteiger partial charge < -0.3 is 14.6 Å². The zero-order valence-electron chi connectivity index (χ0n) is 21.5. The molecule has 1 aliphatic rings. The average molecular weight is 490 g/mol. The molecule has 5 heteroatoms. The van der Waals surface area contributed by atoms with Crippen LogP contribution in [-0.2, 0) is 13.0 Å². The summed E-state index contributed by atoms with van der Waals surface area (Å²) in [4.78, 5) is 14.0. The lowest BCUT2D eigenvalue weighted by atomic mass is 9.97. The van der Waals surface area contributed by atoms with Crippen LogP contribution in [0.4, 0.5) is 5.69 Å². The molecule has 2 aromatic heterocycles. The predicted molar refractivity (Wildman–Crippen MR) is 150 cm³/mol. The number of nitrogens with one attached hydrogen (secondary N) is 1. The molecule has 0 spiro atoms. The first-order valence-corrected chi connectivity index (χ1v) is 12.9. The zero-order chi connectivity index (χ0) is 25.5. The predicted octanol–water partition coefficient (Wildman–Crippen LogP) is 7.29. The van der Waals surface area contributed by atoms with Crippen LogP contribution in [0, 0.1) is 13.8 Å². The van der Waals surface area contributed by atoms with Crippen molar-refractivity contribution in [2.45, 2.75) is 39.7 Å². The number of imidazole rings is 1. The molecule has 6 rings (SSSR count). The van der Waals surface area contributed by atoms with E-state index in [1.54, 1.807) is 7.11 Å². The molecule has 1 aliphatic heterocycles. The number of nitrogens with zero attached hydrogens (tertiary/aromatic N) is 2. The number of carbonyl (C=O) groups excluding carboxylic acids is 1. The van der Waals surface area contributed by atoms with Gasteiger partial charge in [-0.3, -0.25) is 9.20 Å². The van der Waals surface area contributed by atoms with Crippen molar-refractivity contribution in [3.63, 3.8) is 0 Å². The van der Waals surface area contributed by atoms with Gasteiger partial charge in [0.1, 0.15) is 17.1 Å². The molecule has 37 heavy (non-hydrogen) atoms. The summed E-state index contributed by atoms with van der Waals surface area (Å²) in [7, 11) is 1.67. The SMILES string of the molecule is COc1ccc(-c2c3c4n(c(-c5ccc(C)cc5)cn4c2C(=O)Nc2ccc(C)cc2)CCCC3)cc1. The van der Waals surface area contributed by atoms with E-state index in [1.165, 1.54) is 11.1 Å². The summed E-state index contributed by atoms with van der Waals surface area (Å²) in [5, 5.41) is 3.17. The fourth-order valence-electron chi connectivity index (χ4n) is 5.46. The van der Waals surface area contributed by atoms with Crippen molar-refractivity contribution in [1.29, 1.82) is 0 Å². The summed E-state index contributed by atoms with van der Waals surface area (Å²) >= 11 is 0. The topological polar surface area (TPSA) is 47.7 Å². The third-order valence-electron chi connectivity index (χ3n) is 7.38. The van der Waals surface area contributed by atoms with E-state index >= 15 is 0 Å². The van der Waals surface area contributed by atoms with E-state index in [-0.39, 0.29) is 5.91 Å². The van der Waals surface area contributed by atoms with Crippen LogP contribution >= 0.6 is 0 Å². The first kappa shape index (κ1) is 23.2. The molecule has 0 fully saturated rings. The fraction of sp³-hybridized carbons (Fsp3) is 0.219. The lowest BCUT2D eigenvalue weighted by Gasteiger charge is -2.11. The van der Waals surface area contributed by atoms with Gasteiger partial charge in [-0.15, -0.1) is 0 Å². The van der Waals surface area contributed by atoms with Crippen molar-refractivity contribution in [2.24, 2.45) is 0 Å². The maximum Gasteiger partial charge on any atom is 0.273 e. The zero-order valence-corrected chi connectivity index (χ0v) is 21.5. The Kier molecular flexibility index (Phi) is 5.84. The van der Waals surface area contributed by atoms with Gasteiger partial charge in [-0.1, -0.05) is 59.7 Å². The highest BCUT2D eigenvalue weighted by Crippen LogP contribution is 2.40. The molecule has 0 saturated heterocycles. The minimum atomic E-state index is -0.107. The number of hydrogen-bond acceptors (Lipinski definition) is 2. The molecule has 5 aromatic rings. The molecule has 0 atom stereocenters. The van der Waals surface area contributed by atoms with Crippen molar-refractivity contribution < 1.29 is 9.53 Å². The number of anilines is 1. The van der Waals surface area contributed by atoms with E-state index in [0.717, 1.165) is 70.8 Å². The highest BCUT2D eigenvalue weighted by atomic mass is 16.5. The highest BCUT2D eigenvalue weighted by Gasteiger charge is 2.29.